The van der Waals surface area contributed by atoms with Crippen molar-refractivity contribution < 1.29 is 19.4 Å². The van der Waals surface area contributed by atoms with Gasteiger partial charge >= 0.3 is 5.97 Å². The van der Waals surface area contributed by atoms with Gasteiger partial charge in [0.25, 0.3) is 0 Å². The number of carbonyl (C=O) groups is 2. The maximum Gasteiger partial charge on any atom is 0.331 e. The Hall–Kier alpha value is -1.44. The summed E-state index contributed by atoms with van der Waals surface area (Å²) in [5, 5.41) is 16.6. The van der Waals surface area contributed by atoms with Crippen molar-refractivity contribution in [3.8, 4) is 0 Å². The second kappa shape index (κ2) is 7.37. The van der Waals surface area contributed by atoms with Crippen LogP contribution in [0.2, 0.25) is 0 Å². The van der Waals surface area contributed by atoms with Crippen LogP contribution in [0.5, 0.6) is 0 Å². The monoisotopic (exact) mass is 298 g/mol. The third-order valence-corrected chi connectivity index (χ3v) is 4.05. The summed E-state index contributed by atoms with van der Waals surface area (Å²) in [7, 11) is 0. The van der Waals surface area contributed by atoms with Gasteiger partial charge in [0, 0.05) is 4.88 Å². The Bertz CT molecular complexity index is 443. The molecule has 0 spiro atoms. The second-order valence-corrected chi connectivity index (χ2v) is 5.59. The van der Waals surface area contributed by atoms with Gasteiger partial charge in [0.05, 0.1) is 6.10 Å². The third-order valence-electron chi connectivity index (χ3n) is 3.12. The van der Waals surface area contributed by atoms with Gasteiger partial charge in [-0.05, 0) is 37.4 Å². The fourth-order valence-electron chi connectivity index (χ4n) is 2.07. The standard InChI is InChI=1S/C13H18N2O4S/c16-11(8-19-9-3-5-14-6-4-9)15-12(13(17)18)10-2-1-7-20-10/h1-2,7,9,12,14H,3-6,8H2,(H,15,16)(H,17,18). The molecule has 20 heavy (non-hydrogen) atoms. The Morgan fingerprint density at radius 3 is 2.85 bits per heavy atom. The van der Waals surface area contributed by atoms with Gasteiger partial charge in [-0.25, -0.2) is 4.79 Å². The van der Waals surface area contributed by atoms with E-state index >= 15 is 0 Å². The molecule has 0 aromatic carbocycles. The predicted octanol–water partition coefficient (Wildman–Crippen LogP) is 0.759. The molecule has 0 bridgehead atoms. The molecular formula is C13H18N2O4S. The molecule has 2 heterocycles. The normalized spacial score (nSPS) is 17.6. The van der Waals surface area contributed by atoms with Crippen molar-refractivity contribution in [1.29, 1.82) is 0 Å². The van der Waals surface area contributed by atoms with Crippen LogP contribution in [0.4, 0.5) is 0 Å². The van der Waals surface area contributed by atoms with Crippen molar-refractivity contribution >= 4 is 23.2 Å². The molecule has 110 valence electrons. The van der Waals surface area contributed by atoms with Crippen molar-refractivity contribution in [1.82, 2.24) is 10.6 Å². The van der Waals surface area contributed by atoms with Gasteiger partial charge in [-0.1, -0.05) is 6.07 Å². The lowest BCUT2D eigenvalue weighted by Crippen LogP contribution is -2.38. The Balaban J connectivity index is 1.81. The van der Waals surface area contributed by atoms with E-state index in [1.54, 1.807) is 17.5 Å². The number of carboxylic acid groups (broad SMARTS) is 1. The lowest BCUT2D eigenvalue weighted by molar-refractivity contribution is -0.143. The molecule has 0 saturated carbocycles. The average Bonchev–Trinajstić information content (AvgIpc) is 2.97. The molecule has 1 aliphatic heterocycles. The van der Waals surface area contributed by atoms with Crippen LogP contribution < -0.4 is 10.6 Å². The number of hydrogen-bond acceptors (Lipinski definition) is 5. The molecule has 1 aliphatic rings. The summed E-state index contributed by atoms with van der Waals surface area (Å²) >= 11 is 1.30. The van der Waals surface area contributed by atoms with Crippen LogP contribution in [0.1, 0.15) is 23.8 Å². The number of thiophene rings is 1. The van der Waals surface area contributed by atoms with E-state index in [0.29, 0.717) is 4.88 Å². The fraction of sp³-hybridized carbons (Fsp3) is 0.538. The zero-order valence-electron chi connectivity index (χ0n) is 11.0. The first-order valence-corrected chi connectivity index (χ1v) is 7.42. The number of carbonyl (C=O) groups excluding carboxylic acids is 1. The maximum atomic E-state index is 11.8. The van der Waals surface area contributed by atoms with Crippen LogP contribution in [0.3, 0.4) is 0 Å². The van der Waals surface area contributed by atoms with Gasteiger partial charge < -0.3 is 20.5 Å². The molecule has 0 aliphatic carbocycles. The minimum Gasteiger partial charge on any atom is -0.479 e. The lowest BCUT2D eigenvalue weighted by Gasteiger charge is -2.23. The molecule has 1 atom stereocenters. The Morgan fingerprint density at radius 2 is 2.25 bits per heavy atom. The van der Waals surface area contributed by atoms with Gasteiger partial charge in [0.1, 0.15) is 6.61 Å². The predicted molar refractivity (Wildman–Crippen MR) is 74.7 cm³/mol. The number of amides is 1. The van der Waals surface area contributed by atoms with Crippen molar-refractivity contribution in [2.45, 2.75) is 25.0 Å². The Labute approximate surface area is 121 Å². The van der Waals surface area contributed by atoms with Gasteiger partial charge in [0.15, 0.2) is 6.04 Å². The van der Waals surface area contributed by atoms with Gasteiger partial charge in [0.2, 0.25) is 5.91 Å². The molecule has 1 amide bonds. The highest BCUT2D eigenvalue weighted by Gasteiger charge is 2.23. The molecule has 1 saturated heterocycles. The highest BCUT2D eigenvalue weighted by molar-refractivity contribution is 7.10. The number of piperidine rings is 1. The molecule has 1 aromatic heterocycles. The molecular weight excluding hydrogens is 280 g/mol. The van der Waals surface area contributed by atoms with E-state index in [4.69, 9.17) is 9.84 Å². The number of carboxylic acids is 1. The molecule has 1 unspecified atom stereocenters. The fourth-order valence-corrected chi connectivity index (χ4v) is 2.84. The molecule has 0 radical (unpaired) electrons. The average molecular weight is 298 g/mol. The number of aliphatic carboxylic acids is 1. The van der Waals surface area contributed by atoms with E-state index in [9.17, 15) is 9.59 Å². The number of nitrogens with one attached hydrogen (secondary N) is 2. The highest BCUT2D eigenvalue weighted by Crippen LogP contribution is 2.19. The Morgan fingerprint density at radius 1 is 1.50 bits per heavy atom. The van der Waals surface area contributed by atoms with E-state index in [-0.39, 0.29) is 12.7 Å². The molecule has 2 rings (SSSR count). The summed E-state index contributed by atoms with van der Waals surface area (Å²) in [4.78, 5) is 23.6. The quantitative estimate of drug-likeness (QED) is 0.721. The summed E-state index contributed by atoms with van der Waals surface area (Å²) in [5.74, 6) is -1.47. The van der Waals surface area contributed by atoms with Crippen molar-refractivity contribution in [2.75, 3.05) is 19.7 Å². The van der Waals surface area contributed by atoms with Gasteiger partial charge in [-0.15, -0.1) is 11.3 Å². The van der Waals surface area contributed by atoms with E-state index in [0.717, 1.165) is 25.9 Å². The van der Waals surface area contributed by atoms with E-state index < -0.39 is 17.9 Å². The topological polar surface area (TPSA) is 87.7 Å². The summed E-state index contributed by atoms with van der Waals surface area (Å²) < 4.78 is 5.50. The van der Waals surface area contributed by atoms with Crippen molar-refractivity contribution in [2.24, 2.45) is 0 Å². The SMILES string of the molecule is O=C(COC1CCNCC1)NC(C(=O)O)c1cccs1. The van der Waals surface area contributed by atoms with E-state index in [1.807, 2.05) is 0 Å². The van der Waals surface area contributed by atoms with E-state index in [2.05, 4.69) is 10.6 Å². The van der Waals surface area contributed by atoms with Crippen LogP contribution in [-0.4, -0.2) is 42.8 Å². The summed E-state index contributed by atoms with van der Waals surface area (Å²) in [6.07, 6.45) is 1.83. The van der Waals surface area contributed by atoms with Crippen LogP contribution in [0, 0.1) is 0 Å². The first-order valence-electron chi connectivity index (χ1n) is 6.54. The van der Waals surface area contributed by atoms with Crippen LogP contribution >= 0.6 is 11.3 Å². The first-order chi connectivity index (χ1) is 9.66. The molecule has 3 N–H and O–H groups in total. The Kier molecular flexibility index (Phi) is 5.51. The zero-order chi connectivity index (χ0) is 14.4. The molecule has 7 heteroatoms. The van der Waals surface area contributed by atoms with Crippen molar-refractivity contribution in [3.05, 3.63) is 22.4 Å². The molecule has 1 aromatic rings. The largest absolute Gasteiger partial charge is 0.479 e. The third kappa shape index (κ3) is 4.29. The van der Waals surface area contributed by atoms with Gasteiger partial charge in [-0.2, -0.15) is 0 Å². The first kappa shape index (κ1) is 15.0. The molecule has 6 nitrogen and oxygen atoms in total. The lowest BCUT2D eigenvalue weighted by atomic mass is 10.1. The summed E-state index contributed by atoms with van der Waals surface area (Å²) in [6.45, 7) is 1.68. The second-order valence-electron chi connectivity index (χ2n) is 4.61. The highest BCUT2D eigenvalue weighted by atomic mass is 32.1. The number of hydrogen-bond donors (Lipinski definition) is 3. The molecule has 1 fully saturated rings. The smallest absolute Gasteiger partial charge is 0.331 e. The van der Waals surface area contributed by atoms with Crippen LogP contribution in [-0.2, 0) is 14.3 Å². The minimum atomic E-state index is -1.07. The van der Waals surface area contributed by atoms with E-state index in [1.165, 1.54) is 11.3 Å². The summed E-state index contributed by atoms with van der Waals surface area (Å²) in [6, 6.07) is 2.45. The minimum absolute atomic E-state index is 0.0759. The zero-order valence-corrected chi connectivity index (χ0v) is 11.8. The van der Waals surface area contributed by atoms with Crippen LogP contribution in [0.15, 0.2) is 17.5 Å². The van der Waals surface area contributed by atoms with Gasteiger partial charge in [-0.3, -0.25) is 4.79 Å². The number of rotatable bonds is 6. The van der Waals surface area contributed by atoms with Crippen LogP contribution in [0.25, 0.3) is 0 Å². The van der Waals surface area contributed by atoms with Crippen molar-refractivity contribution in [3.63, 3.8) is 0 Å². The maximum absolute atomic E-state index is 11.8. The summed E-state index contributed by atoms with van der Waals surface area (Å²) in [5.41, 5.74) is 0. The number of ether oxygens (including phenoxy) is 1.